The number of para-hydroxylation sites is 1. The minimum absolute atomic E-state index is 0.0798. The Morgan fingerprint density at radius 3 is 2.55 bits per heavy atom. The number of non-ortho nitro benzene ring substituents is 1. The van der Waals surface area contributed by atoms with Gasteiger partial charge in [-0.05, 0) is 30.3 Å². The van der Waals surface area contributed by atoms with Gasteiger partial charge in [-0.25, -0.2) is 4.98 Å². The van der Waals surface area contributed by atoms with E-state index < -0.39 is 10.8 Å². The summed E-state index contributed by atoms with van der Waals surface area (Å²) in [6, 6.07) is 16.5. The number of fused-ring (bicyclic) bond motifs is 1. The number of anilines is 1. The van der Waals surface area contributed by atoms with Gasteiger partial charge in [-0.1, -0.05) is 41.4 Å². The van der Waals surface area contributed by atoms with E-state index in [4.69, 9.17) is 23.2 Å². The first-order valence-electron chi connectivity index (χ1n) is 8.33. The fraction of sp³-hybridized carbons (Fsp3) is 0. The van der Waals surface area contributed by atoms with E-state index in [9.17, 15) is 14.9 Å². The molecular weight excluding hydrogens is 433 g/mol. The number of carbonyl (C=O) groups is 1. The summed E-state index contributed by atoms with van der Waals surface area (Å²) in [4.78, 5) is 28.8. The lowest BCUT2D eigenvalue weighted by Crippen LogP contribution is -2.13. The summed E-state index contributed by atoms with van der Waals surface area (Å²) < 4.78 is 0.624. The van der Waals surface area contributed by atoms with Crippen molar-refractivity contribution in [3.63, 3.8) is 0 Å². The standard InChI is InChI=1S/C20H11Cl2N3O3S/c21-14-9-11(25(27)28)5-6-16(14)24-20(26)13-10-17(18-7-8-19(22)29-18)23-15-4-2-1-3-12(13)15/h1-10H,(H,24,26). The first-order valence-corrected chi connectivity index (χ1v) is 9.90. The number of nitro benzene ring substituents is 1. The van der Waals surface area contributed by atoms with E-state index in [0.29, 0.717) is 26.5 Å². The zero-order chi connectivity index (χ0) is 20.5. The number of amides is 1. The van der Waals surface area contributed by atoms with Gasteiger partial charge in [-0.3, -0.25) is 14.9 Å². The average molecular weight is 444 g/mol. The number of halogens is 2. The largest absolute Gasteiger partial charge is 0.321 e. The van der Waals surface area contributed by atoms with Gasteiger partial charge >= 0.3 is 0 Å². The van der Waals surface area contributed by atoms with E-state index in [2.05, 4.69) is 10.3 Å². The maximum absolute atomic E-state index is 13.0. The van der Waals surface area contributed by atoms with E-state index in [1.807, 2.05) is 24.3 Å². The molecule has 4 rings (SSSR count). The quantitative estimate of drug-likeness (QED) is 0.290. The molecule has 6 nitrogen and oxygen atoms in total. The van der Waals surface area contributed by atoms with Gasteiger partial charge < -0.3 is 5.32 Å². The Morgan fingerprint density at radius 1 is 1.07 bits per heavy atom. The SMILES string of the molecule is O=C(Nc1ccc([N+](=O)[O-])cc1Cl)c1cc(-c2ccc(Cl)s2)nc2ccccc12. The average Bonchev–Trinajstić information content (AvgIpc) is 3.14. The zero-order valence-corrected chi connectivity index (χ0v) is 16.9. The molecule has 0 fully saturated rings. The highest BCUT2D eigenvalue weighted by Crippen LogP contribution is 2.33. The van der Waals surface area contributed by atoms with Gasteiger partial charge in [0.2, 0.25) is 0 Å². The second kappa shape index (κ2) is 7.79. The van der Waals surface area contributed by atoms with Crippen molar-refractivity contribution in [3.05, 3.63) is 85.7 Å². The minimum Gasteiger partial charge on any atom is -0.321 e. The van der Waals surface area contributed by atoms with Crippen molar-refractivity contribution >= 4 is 62.7 Å². The van der Waals surface area contributed by atoms with E-state index in [0.717, 1.165) is 4.88 Å². The van der Waals surface area contributed by atoms with Crippen LogP contribution in [0, 0.1) is 10.1 Å². The Labute approximate surface area is 178 Å². The predicted octanol–water partition coefficient (Wildman–Crippen LogP) is 6.43. The molecule has 0 radical (unpaired) electrons. The van der Waals surface area contributed by atoms with Crippen molar-refractivity contribution in [3.8, 4) is 10.6 Å². The van der Waals surface area contributed by atoms with Crippen LogP contribution in [0.1, 0.15) is 10.4 Å². The number of nitro groups is 1. The third-order valence-corrected chi connectivity index (χ3v) is 5.76. The van der Waals surface area contributed by atoms with E-state index in [1.54, 1.807) is 18.2 Å². The lowest BCUT2D eigenvalue weighted by atomic mass is 10.1. The van der Waals surface area contributed by atoms with Crippen molar-refractivity contribution in [2.75, 3.05) is 5.32 Å². The zero-order valence-electron chi connectivity index (χ0n) is 14.6. The molecule has 144 valence electrons. The van der Waals surface area contributed by atoms with Crippen LogP contribution in [0.15, 0.2) is 60.7 Å². The Kier molecular flexibility index (Phi) is 5.19. The Bertz CT molecular complexity index is 1270. The van der Waals surface area contributed by atoms with Gasteiger partial charge in [-0.15, -0.1) is 11.3 Å². The second-order valence-corrected chi connectivity index (χ2v) is 8.17. The van der Waals surface area contributed by atoms with Gasteiger partial charge in [0.05, 0.1) is 41.6 Å². The van der Waals surface area contributed by atoms with E-state index in [1.165, 1.54) is 29.5 Å². The molecule has 1 amide bonds. The monoisotopic (exact) mass is 443 g/mol. The van der Waals surface area contributed by atoms with Crippen LogP contribution in [0.4, 0.5) is 11.4 Å². The molecule has 2 aromatic heterocycles. The topological polar surface area (TPSA) is 85.1 Å². The minimum atomic E-state index is -0.549. The lowest BCUT2D eigenvalue weighted by molar-refractivity contribution is -0.384. The third-order valence-electron chi connectivity index (χ3n) is 4.20. The molecule has 0 unspecified atom stereocenters. The van der Waals surface area contributed by atoms with Crippen LogP contribution in [-0.4, -0.2) is 15.8 Å². The number of benzene rings is 2. The molecule has 0 aliphatic carbocycles. The van der Waals surface area contributed by atoms with Crippen molar-refractivity contribution in [1.82, 2.24) is 4.98 Å². The summed E-state index contributed by atoms with van der Waals surface area (Å²) in [5.41, 5.74) is 1.82. The van der Waals surface area contributed by atoms with Crippen molar-refractivity contribution < 1.29 is 9.72 Å². The normalized spacial score (nSPS) is 10.8. The summed E-state index contributed by atoms with van der Waals surface area (Å²) in [5.74, 6) is -0.400. The van der Waals surface area contributed by atoms with Crippen molar-refractivity contribution in [1.29, 1.82) is 0 Å². The summed E-state index contributed by atoms with van der Waals surface area (Å²) in [6.07, 6.45) is 0. The number of hydrogen-bond acceptors (Lipinski definition) is 5. The first kappa shape index (κ1) is 19.3. The molecule has 0 bridgehead atoms. The smallest absolute Gasteiger partial charge is 0.271 e. The fourth-order valence-corrected chi connectivity index (χ4v) is 4.08. The third kappa shape index (κ3) is 3.93. The van der Waals surface area contributed by atoms with Crippen LogP contribution < -0.4 is 5.32 Å². The van der Waals surface area contributed by atoms with Gasteiger partial charge in [0.1, 0.15) is 0 Å². The van der Waals surface area contributed by atoms with Crippen LogP contribution in [-0.2, 0) is 0 Å². The fourth-order valence-electron chi connectivity index (χ4n) is 2.85. The van der Waals surface area contributed by atoms with E-state index in [-0.39, 0.29) is 16.4 Å². The van der Waals surface area contributed by atoms with Crippen molar-refractivity contribution in [2.24, 2.45) is 0 Å². The molecule has 0 saturated heterocycles. The highest BCUT2D eigenvalue weighted by Gasteiger charge is 2.17. The number of aromatic nitrogens is 1. The molecule has 2 aromatic carbocycles. The number of hydrogen-bond donors (Lipinski definition) is 1. The van der Waals surface area contributed by atoms with Crippen molar-refractivity contribution in [2.45, 2.75) is 0 Å². The summed E-state index contributed by atoms with van der Waals surface area (Å²) >= 11 is 13.5. The highest BCUT2D eigenvalue weighted by molar-refractivity contribution is 7.19. The van der Waals surface area contributed by atoms with Gasteiger partial charge in [0.25, 0.3) is 11.6 Å². The number of pyridine rings is 1. The molecule has 9 heteroatoms. The lowest BCUT2D eigenvalue weighted by Gasteiger charge is -2.11. The van der Waals surface area contributed by atoms with Gasteiger partial charge in [-0.2, -0.15) is 0 Å². The van der Waals surface area contributed by atoms with Crippen LogP contribution in [0.2, 0.25) is 9.36 Å². The molecule has 2 heterocycles. The number of thiophene rings is 1. The number of nitrogens with zero attached hydrogens (tertiary/aromatic N) is 2. The molecule has 1 N–H and O–H groups in total. The molecule has 0 saturated carbocycles. The Balaban J connectivity index is 1.76. The highest BCUT2D eigenvalue weighted by atomic mass is 35.5. The number of rotatable bonds is 4. The molecule has 29 heavy (non-hydrogen) atoms. The Hall–Kier alpha value is -3.00. The Morgan fingerprint density at radius 2 is 1.86 bits per heavy atom. The predicted molar refractivity (Wildman–Crippen MR) is 116 cm³/mol. The maximum atomic E-state index is 13.0. The summed E-state index contributed by atoms with van der Waals surface area (Å²) in [7, 11) is 0. The number of nitrogens with one attached hydrogen (secondary N) is 1. The van der Waals surface area contributed by atoms with E-state index >= 15 is 0 Å². The molecule has 0 aliphatic rings. The van der Waals surface area contributed by atoms with Gasteiger partial charge in [0.15, 0.2) is 0 Å². The van der Waals surface area contributed by atoms with Crippen LogP contribution in [0.25, 0.3) is 21.5 Å². The first-order chi connectivity index (χ1) is 13.9. The van der Waals surface area contributed by atoms with Crippen LogP contribution in [0.5, 0.6) is 0 Å². The molecule has 0 atom stereocenters. The molecule has 0 spiro atoms. The summed E-state index contributed by atoms with van der Waals surface area (Å²) in [6.45, 7) is 0. The number of carbonyl (C=O) groups excluding carboxylic acids is 1. The molecule has 0 aliphatic heterocycles. The summed E-state index contributed by atoms with van der Waals surface area (Å²) in [5, 5.41) is 14.4. The van der Waals surface area contributed by atoms with Crippen LogP contribution in [0.3, 0.4) is 0 Å². The maximum Gasteiger partial charge on any atom is 0.271 e. The van der Waals surface area contributed by atoms with Gasteiger partial charge in [0, 0.05) is 17.5 Å². The molecular formula is C20H11Cl2N3O3S. The molecule has 4 aromatic rings. The van der Waals surface area contributed by atoms with Crippen LogP contribution >= 0.6 is 34.5 Å². The second-order valence-electron chi connectivity index (χ2n) is 6.05.